The van der Waals surface area contributed by atoms with E-state index in [1.54, 1.807) is 6.08 Å². The summed E-state index contributed by atoms with van der Waals surface area (Å²) in [6.45, 7) is 2.62. The molecular formula is C7H14N3O3P. The van der Waals surface area contributed by atoms with Gasteiger partial charge in [-0.05, 0) is 13.0 Å². The number of hydrogen-bond donors (Lipinski definition) is 2. The first-order valence-electron chi connectivity index (χ1n) is 4.15. The molecule has 0 bridgehead atoms. The molecule has 0 fully saturated rings. The summed E-state index contributed by atoms with van der Waals surface area (Å²) in [6, 6.07) is -0.529. The highest BCUT2D eigenvalue weighted by Crippen LogP contribution is 2.10. The second-order valence-corrected chi connectivity index (χ2v) is 3.35. The van der Waals surface area contributed by atoms with E-state index in [0.29, 0.717) is 18.2 Å². The number of carbonyl (C=O) groups excluding carboxylic acids is 1. The van der Waals surface area contributed by atoms with Crippen molar-refractivity contribution in [3.05, 3.63) is 11.9 Å². The number of urea groups is 1. The van der Waals surface area contributed by atoms with Crippen LogP contribution in [-0.2, 0) is 4.52 Å². The van der Waals surface area contributed by atoms with E-state index in [1.807, 2.05) is 6.92 Å². The molecule has 2 amide bonds. The Morgan fingerprint density at radius 1 is 1.86 bits per heavy atom. The Morgan fingerprint density at radius 2 is 2.50 bits per heavy atom. The summed E-state index contributed by atoms with van der Waals surface area (Å²) in [5.41, 5.74) is 5.35. The van der Waals surface area contributed by atoms with Crippen LogP contribution in [0.2, 0.25) is 0 Å². The van der Waals surface area contributed by atoms with Crippen molar-refractivity contribution < 1.29 is 14.5 Å². The first-order valence-corrected chi connectivity index (χ1v) is 4.62. The summed E-state index contributed by atoms with van der Waals surface area (Å²) in [5, 5.41) is 9.63. The Morgan fingerprint density at radius 3 is 3.07 bits per heavy atom. The van der Waals surface area contributed by atoms with Crippen LogP contribution in [0.25, 0.3) is 0 Å². The minimum absolute atomic E-state index is 0.0608. The molecule has 14 heavy (non-hydrogen) atoms. The highest BCUT2D eigenvalue weighted by Gasteiger charge is 2.26. The van der Waals surface area contributed by atoms with Gasteiger partial charge in [0.2, 0.25) is 0 Å². The highest BCUT2D eigenvalue weighted by atomic mass is 31.0. The van der Waals surface area contributed by atoms with Gasteiger partial charge < -0.3 is 15.2 Å². The second kappa shape index (κ2) is 4.59. The van der Waals surface area contributed by atoms with E-state index in [-0.39, 0.29) is 11.9 Å². The molecule has 0 saturated carbocycles. The lowest BCUT2D eigenvalue weighted by Crippen LogP contribution is -2.48. The second-order valence-electron chi connectivity index (χ2n) is 3.08. The van der Waals surface area contributed by atoms with Gasteiger partial charge in [0.25, 0.3) is 0 Å². The fraction of sp³-hybridized carbons (Fsp3) is 0.571. The molecule has 0 saturated heterocycles. The highest BCUT2D eigenvalue weighted by molar-refractivity contribution is 7.09. The number of carbonyl (C=O) groups is 1. The zero-order chi connectivity index (χ0) is 10.7. The van der Waals surface area contributed by atoms with Crippen molar-refractivity contribution in [2.45, 2.75) is 13.0 Å². The molecule has 0 aliphatic carbocycles. The first kappa shape index (κ1) is 11.2. The molecule has 0 radical (unpaired) electrons. The van der Waals surface area contributed by atoms with Crippen LogP contribution in [0.5, 0.6) is 0 Å². The van der Waals surface area contributed by atoms with Crippen LogP contribution in [0.15, 0.2) is 11.9 Å². The summed E-state index contributed by atoms with van der Waals surface area (Å²) in [5.74, 6) is 0.0608. The van der Waals surface area contributed by atoms with Crippen molar-refractivity contribution in [2.24, 2.45) is 5.73 Å². The predicted octanol–water partition coefficient (Wildman–Crippen LogP) is 0.108. The number of rotatable bonds is 3. The quantitative estimate of drug-likeness (QED) is 0.521. The predicted molar refractivity (Wildman–Crippen MR) is 53.1 cm³/mol. The molecule has 1 aliphatic rings. The smallest absolute Gasteiger partial charge is 0.350 e. The Bertz CT molecular complexity index is 259. The fourth-order valence-corrected chi connectivity index (χ4v) is 1.20. The number of hydrogen-bond acceptors (Lipinski definition) is 4. The van der Waals surface area contributed by atoms with Gasteiger partial charge in [-0.1, -0.05) is 0 Å². The molecule has 7 heteroatoms. The van der Waals surface area contributed by atoms with Crippen molar-refractivity contribution in [3.63, 3.8) is 0 Å². The van der Waals surface area contributed by atoms with Gasteiger partial charge in [0.15, 0.2) is 0 Å². The molecule has 0 spiro atoms. The number of nitrogens with zero attached hydrogens (tertiary/aromatic N) is 2. The molecule has 0 aromatic heterocycles. The van der Waals surface area contributed by atoms with Gasteiger partial charge in [0.1, 0.15) is 5.82 Å². The lowest BCUT2D eigenvalue weighted by atomic mass is 10.3. The zero-order valence-corrected chi connectivity index (χ0v) is 9.04. The zero-order valence-electron chi connectivity index (χ0n) is 7.88. The van der Waals surface area contributed by atoms with E-state index in [2.05, 4.69) is 9.47 Å². The normalized spacial score (nSPS) is 19.6. The Balaban J connectivity index is 2.61. The van der Waals surface area contributed by atoms with Crippen LogP contribution < -0.4 is 5.73 Å². The van der Waals surface area contributed by atoms with E-state index in [1.165, 1.54) is 4.90 Å². The van der Waals surface area contributed by atoms with Gasteiger partial charge in [-0.3, -0.25) is 5.21 Å². The lowest BCUT2D eigenvalue weighted by Gasteiger charge is -2.31. The van der Waals surface area contributed by atoms with Gasteiger partial charge in [-0.25, -0.2) is 4.79 Å². The third-order valence-electron chi connectivity index (χ3n) is 1.93. The third-order valence-corrected chi connectivity index (χ3v) is 2.39. The molecular weight excluding hydrogens is 205 g/mol. The Labute approximate surface area is 84.5 Å². The lowest BCUT2D eigenvalue weighted by molar-refractivity contribution is -0.0345. The maximum absolute atomic E-state index is 11.4. The SMILES string of the molecule is C[C@@H](CN1CC=C(N)N(O)C1=O)OP. The van der Waals surface area contributed by atoms with E-state index in [4.69, 9.17) is 10.3 Å². The van der Waals surface area contributed by atoms with E-state index in [0.717, 1.165) is 0 Å². The molecule has 3 N–H and O–H groups in total. The summed E-state index contributed by atoms with van der Waals surface area (Å²) < 4.78 is 4.93. The fourth-order valence-electron chi connectivity index (χ4n) is 1.12. The molecule has 0 aromatic carbocycles. The number of hydroxylamine groups is 2. The topological polar surface area (TPSA) is 79.0 Å². The minimum atomic E-state index is -0.529. The third kappa shape index (κ3) is 2.35. The monoisotopic (exact) mass is 219 g/mol. The Hall–Kier alpha value is -0.840. The molecule has 80 valence electrons. The Kier molecular flexibility index (Phi) is 3.69. The minimum Gasteiger partial charge on any atom is -0.383 e. The van der Waals surface area contributed by atoms with E-state index >= 15 is 0 Å². The summed E-state index contributed by atoms with van der Waals surface area (Å²) in [7, 11) is 2.13. The van der Waals surface area contributed by atoms with Crippen molar-refractivity contribution >= 4 is 15.5 Å². The number of nitrogens with two attached hydrogens (primary N) is 1. The van der Waals surface area contributed by atoms with E-state index in [9.17, 15) is 10.0 Å². The van der Waals surface area contributed by atoms with Crippen molar-refractivity contribution in [3.8, 4) is 0 Å². The summed E-state index contributed by atoms with van der Waals surface area (Å²) in [4.78, 5) is 12.8. The van der Waals surface area contributed by atoms with E-state index < -0.39 is 6.03 Å². The molecule has 6 nitrogen and oxygen atoms in total. The van der Waals surface area contributed by atoms with Gasteiger partial charge >= 0.3 is 6.03 Å². The first-order chi connectivity index (χ1) is 6.56. The van der Waals surface area contributed by atoms with Crippen molar-refractivity contribution in [2.75, 3.05) is 13.1 Å². The molecule has 1 rings (SSSR count). The molecule has 1 aliphatic heterocycles. The van der Waals surface area contributed by atoms with Gasteiger partial charge in [0.05, 0.1) is 6.10 Å². The van der Waals surface area contributed by atoms with Gasteiger partial charge in [0, 0.05) is 22.6 Å². The van der Waals surface area contributed by atoms with Crippen LogP contribution in [-0.4, -0.2) is 40.4 Å². The van der Waals surface area contributed by atoms with Crippen molar-refractivity contribution in [1.29, 1.82) is 0 Å². The average Bonchev–Trinajstić information content (AvgIpc) is 2.19. The average molecular weight is 219 g/mol. The van der Waals surface area contributed by atoms with Crippen LogP contribution in [0, 0.1) is 0 Å². The maximum Gasteiger partial charge on any atom is 0.350 e. The van der Waals surface area contributed by atoms with Crippen molar-refractivity contribution in [1.82, 2.24) is 9.96 Å². The summed E-state index contributed by atoms with van der Waals surface area (Å²) >= 11 is 0. The summed E-state index contributed by atoms with van der Waals surface area (Å²) in [6.07, 6.45) is 1.46. The molecule has 0 aromatic rings. The standard InChI is InChI=1S/C7H14N3O3P/c1-5(13-14)4-9-3-2-6(8)10(12)7(9)11/h2,5,12H,3-4,8,14H2,1H3/t5-/m0/s1. The molecule has 1 heterocycles. The van der Waals surface area contributed by atoms with Gasteiger partial charge in [-0.2, -0.15) is 5.06 Å². The molecule has 1 unspecified atom stereocenters. The molecule has 2 atom stereocenters. The number of amides is 2. The van der Waals surface area contributed by atoms with Crippen LogP contribution in [0.4, 0.5) is 4.79 Å². The maximum atomic E-state index is 11.4. The largest absolute Gasteiger partial charge is 0.383 e. The van der Waals surface area contributed by atoms with Crippen LogP contribution in [0.3, 0.4) is 0 Å². The van der Waals surface area contributed by atoms with Gasteiger partial charge in [-0.15, -0.1) is 0 Å². The van der Waals surface area contributed by atoms with Crippen LogP contribution >= 0.6 is 9.47 Å². The van der Waals surface area contributed by atoms with Crippen LogP contribution in [0.1, 0.15) is 6.92 Å².